The van der Waals surface area contributed by atoms with Crippen LogP contribution in [0.3, 0.4) is 0 Å². The number of hydrogen-bond acceptors (Lipinski definition) is 30. The van der Waals surface area contributed by atoms with Crippen molar-refractivity contribution in [3.05, 3.63) is 0 Å². The maximum Gasteiger partial charge on any atom is 0.187 e. The molecule has 426 valence electrons. The van der Waals surface area contributed by atoms with Crippen molar-refractivity contribution < 1.29 is 148 Å². The Morgan fingerprint density at radius 3 is 0.767 bits per heavy atom. The van der Waals surface area contributed by atoms with E-state index in [-0.39, 0.29) is 0 Å². The average molecular weight is 1090 g/mol. The Bertz CT molecular complexity index is 1680. The van der Waals surface area contributed by atoms with Gasteiger partial charge in [0.05, 0.1) is 39.6 Å². The molecule has 73 heavy (non-hydrogen) atoms. The van der Waals surface area contributed by atoms with Crippen LogP contribution < -0.4 is 0 Å². The molecule has 22 aliphatic rings. The molecule has 22 fully saturated rings. The van der Waals surface area contributed by atoms with Gasteiger partial charge in [0, 0.05) is 0 Å². The highest BCUT2D eigenvalue weighted by molar-refractivity contribution is 6.71. The first-order valence-electron chi connectivity index (χ1n) is 24.3. The maximum absolute atomic E-state index is 12.1. The Hall–Kier alpha value is -0.983. The predicted molar refractivity (Wildman–Crippen MR) is 232 cm³/mol. The van der Waals surface area contributed by atoms with Gasteiger partial charge in [-0.05, 0) is 19.1 Å². The Labute approximate surface area is 418 Å². The summed E-state index contributed by atoms with van der Waals surface area (Å²) in [4.78, 5) is 0. The van der Waals surface area contributed by atoms with Crippen molar-refractivity contribution in [2.75, 3.05) is 39.6 Å². The van der Waals surface area contributed by atoms with E-state index in [4.69, 9.17) is 61.3 Å². The summed E-state index contributed by atoms with van der Waals surface area (Å²) in [6.45, 7) is -0.195. The van der Waals surface area contributed by atoms with E-state index in [1.165, 1.54) is 0 Å². The fourth-order valence-electron chi connectivity index (χ4n) is 10.1. The van der Waals surface area contributed by atoms with Crippen molar-refractivity contribution >= 4 is 8.32 Å². The molecule has 0 amide bonds. The lowest BCUT2D eigenvalue weighted by Gasteiger charge is -2.51. The van der Waals surface area contributed by atoms with E-state index < -0.39 is 232 Å². The largest absolute Gasteiger partial charge is 0.409 e. The molecule has 31 heteroatoms. The fourth-order valence-corrected chi connectivity index (χ4v) is 12.4. The number of rotatable bonds is 11. The number of hydrogen-bond donors (Lipinski definition) is 17. The summed E-state index contributed by atoms with van der Waals surface area (Å²) < 4.78 is 76.6. The van der Waals surface area contributed by atoms with Crippen molar-refractivity contribution in [1.29, 1.82) is 0 Å². The van der Waals surface area contributed by atoms with E-state index in [1.54, 1.807) is 0 Å². The van der Waals surface area contributed by atoms with Crippen LogP contribution in [0, 0.1) is 0 Å². The highest BCUT2D eigenvalue weighted by Gasteiger charge is 2.59. The molecule has 22 saturated heterocycles. The third-order valence-corrected chi connectivity index (χ3v) is 16.7. The van der Waals surface area contributed by atoms with Gasteiger partial charge in [0.1, 0.15) is 146 Å². The Morgan fingerprint density at radius 2 is 0.534 bits per heavy atom. The quantitative estimate of drug-likeness (QED) is 0.0854. The molecule has 0 aromatic heterocycles. The zero-order chi connectivity index (χ0) is 53.4. The van der Waals surface area contributed by atoms with Gasteiger partial charge in [-0.2, -0.15) is 0 Å². The van der Waals surface area contributed by atoms with Crippen molar-refractivity contribution in [1.82, 2.24) is 0 Å². The number of ether oxygens (including phenoxy) is 12. The van der Waals surface area contributed by atoms with E-state index in [9.17, 15) is 86.8 Å². The van der Waals surface area contributed by atoms with Crippen LogP contribution in [-0.2, 0) is 61.3 Å². The van der Waals surface area contributed by atoms with E-state index in [2.05, 4.69) is 0 Å². The van der Waals surface area contributed by atoms with Gasteiger partial charge in [-0.25, -0.2) is 0 Å². The van der Waals surface area contributed by atoms with Crippen LogP contribution in [0.2, 0.25) is 19.1 Å². The van der Waals surface area contributed by atoms with Crippen LogP contribution in [0.5, 0.6) is 0 Å². The molecule has 17 N–H and O–H groups in total. The molecule has 0 unspecified atom stereocenters. The number of unbranched alkanes of at least 4 members (excludes halogenated alkanes) is 1. The molecular weight excluding hydrogens is 1010 g/mol. The maximum atomic E-state index is 12.1. The third-order valence-electron chi connectivity index (χ3n) is 14.2. The van der Waals surface area contributed by atoms with E-state index in [0.29, 0.717) is 12.5 Å². The zero-order valence-electron chi connectivity index (χ0n) is 40.1. The van der Waals surface area contributed by atoms with Crippen molar-refractivity contribution in [3.63, 3.8) is 0 Å². The van der Waals surface area contributed by atoms with Crippen molar-refractivity contribution in [3.8, 4) is 0 Å². The Morgan fingerprint density at radius 1 is 0.315 bits per heavy atom. The molecule has 0 aromatic carbocycles. The van der Waals surface area contributed by atoms with Crippen LogP contribution in [0.4, 0.5) is 0 Å². The lowest BCUT2D eigenvalue weighted by Crippen LogP contribution is -2.69. The predicted octanol–water partition coefficient (Wildman–Crippen LogP) is -10.0. The molecule has 0 radical (unpaired) electrons. The summed E-state index contributed by atoms with van der Waals surface area (Å²) >= 11 is 0. The summed E-state index contributed by atoms with van der Waals surface area (Å²) in [7, 11) is -2.84. The second kappa shape index (κ2) is 25.4. The molecule has 30 nitrogen and oxygen atoms in total. The van der Waals surface area contributed by atoms with Gasteiger partial charge in [-0.15, -0.1) is 0 Å². The van der Waals surface area contributed by atoms with Gasteiger partial charge >= 0.3 is 0 Å². The summed E-state index contributed by atoms with van der Waals surface area (Å²) in [5.74, 6) is 0. The van der Waals surface area contributed by atoms with Gasteiger partial charge in [-0.1, -0.05) is 19.8 Å². The molecule has 0 saturated carbocycles. The highest BCUT2D eigenvalue weighted by Crippen LogP contribution is 2.39. The third kappa shape index (κ3) is 12.4. The number of aliphatic hydroxyl groups is 17. The first-order valence-corrected chi connectivity index (χ1v) is 27.5. The first kappa shape index (κ1) is 59.7. The van der Waals surface area contributed by atoms with Crippen LogP contribution in [0.15, 0.2) is 0 Å². The molecule has 22 heterocycles. The summed E-state index contributed by atoms with van der Waals surface area (Å²) in [5, 5.41) is 189. The lowest BCUT2D eigenvalue weighted by molar-refractivity contribution is -0.403. The minimum atomic E-state index is -2.84. The highest BCUT2D eigenvalue weighted by atomic mass is 28.4. The molecule has 22 rings (SSSR count). The Balaban J connectivity index is 1.23. The van der Waals surface area contributed by atoms with Crippen LogP contribution in [-0.4, -0.2) is 319 Å². The minimum absolute atomic E-state index is 0.540. The average Bonchev–Trinajstić information content (AvgIpc) is 3.37. The van der Waals surface area contributed by atoms with Gasteiger partial charge in [-0.3, -0.25) is 0 Å². The Kier molecular flexibility index (Phi) is 20.8. The monoisotopic (exact) mass is 1090 g/mol. The van der Waals surface area contributed by atoms with Crippen LogP contribution in [0.1, 0.15) is 19.8 Å². The number of aliphatic hydroxyl groups excluding tert-OH is 17. The molecule has 30 atom stereocenters. The van der Waals surface area contributed by atoms with E-state index in [0.717, 1.165) is 6.42 Å². The molecule has 0 spiro atoms. The van der Waals surface area contributed by atoms with Gasteiger partial charge < -0.3 is 148 Å². The van der Waals surface area contributed by atoms with Crippen LogP contribution >= 0.6 is 0 Å². The molecule has 12 bridgehead atoms. The van der Waals surface area contributed by atoms with Gasteiger partial charge in [0.15, 0.2) is 46.1 Å². The second-order valence-corrected chi connectivity index (χ2v) is 24.1. The second-order valence-electron chi connectivity index (χ2n) is 19.8. The van der Waals surface area contributed by atoms with Crippen molar-refractivity contribution in [2.24, 2.45) is 0 Å². The zero-order valence-corrected chi connectivity index (χ0v) is 41.1. The van der Waals surface area contributed by atoms with Gasteiger partial charge in [0.25, 0.3) is 0 Å². The standard InChI is InChI=1S/C42H74O30Si/c1-4-5-6-73(2,3)72-36-29(59)42-65-18(12-48)35(36)71-41-28(58)23(53)33(16(10-46)64-41)69-39-26(56)21(51)31(14(8-44)62-39)67-37-24(54)19(49)30(13(7-43)60-37)66-38-25(55)20(50)32(15(9-45)61-38)68-40-27(57)22(52)34(70-42)17(11-47)63-40/h13-59H,4-12H2,1-3H3/t13-,14-,15-,16-,17-,18-,19-,20-,21-,22-,23-,24-,25-,26-,27-,28-,29-,30-,31-,32-,33-,34-,35+,36-,37-,38-,39-,40-,41-,42-/m1/s1. The summed E-state index contributed by atoms with van der Waals surface area (Å²) in [5.41, 5.74) is 0. The van der Waals surface area contributed by atoms with E-state index in [1.807, 2.05) is 20.0 Å². The smallest absolute Gasteiger partial charge is 0.187 e. The summed E-state index contributed by atoms with van der Waals surface area (Å²) in [6.07, 6.45) is -55.2. The minimum Gasteiger partial charge on any atom is -0.409 e. The van der Waals surface area contributed by atoms with Crippen LogP contribution in [0.25, 0.3) is 0 Å². The lowest BCUT2D eigenvalue weighted by atomic mass is 9.94. The van der Waals surface area contributed by atoms with Crippen molar-refractivity contribution in [2.45, 2.75) is 223 Å². The first-order chi connectivity index (χ1) is 34.7. The van der Waals surface area contributed by atoms with Gasteiger partial charge in [0.2, 0.25) is 0 Å². The molecule has 0 aliphatic carbocycles. The topological polar surface area (TPSA) is 464 Å². The normalized spacial score (nSPS) is 51.5. The SMILES string of the molecule is CCCC[Si](C)(C)O[C@@H]1[C@@H](O)[C@H]2O[C@H]3[C@H](O)[C@@H](O)[C@@H](O[C@H]4[C@H](O)[C@@H](O)[C@@H](O[C@H]5[C@H](O)[C@@H](O)[C@@H](O[C@H]6[C@H](O)[C@@H](O)[C@@H](O[C@H]7[C@H](O)[C@@H](O)[C@@H](O[C@H]1[C@@H](CO)O2)O[C@@H]7CO)O[C@@H]6CO)O[C@@H]5CO)O[C@@H]4CO)O[C@@H]3CO. The van der Waals surface area contributed by atoms with E-state index >= 15 is 0 Å². The molecule has 22 aliphatic heterocycles. The summed E-state index contributed by atoms with van der Waals surface area (Å²) in [6, 6.07) is 0.540. The fraction of sp³-hybridized carbons (Fsp3) is 1.00. The molecule has 0 aromatic rings. The molecular formula is C42H74O30Si.